The van der Waals surface area contributed by atoms with Gasteiger partial charge in [0.2, 0.25) is 5.95 Å². The molecule has 3 aromatic heterocycles. The minimum Gasteiger partial charge on any atom is -0.353 e. The first-order valence-electron chi connectivity index (χ1n) is 11.8. The van der Waals surface area contributed by atoms with Crippen molar-refractivity contribution in [1.29, 1.82) is 0 Å². The van der Waals surface area contributed by atoms with Crippen molar-refractivity contribution in [1.82, 2.24) is 34.8 Å². The molecule has 4 aromatic rings. The number of aromatic nitrogens is 6. The van der Waals surface area contributed by atoms with Crippen molar-refractivity contribution >= 4 is 28.5 Å². The molecule has 1 aromatic carbocycles. The van der Waals surface area contributed by atoms with Crippen LogP contribution in [0.2, 0.25) is 0 Å². The van der Waals surface area contributed by atoms with E-state index in [1.54, 1.807) is 0 Å². The summed E-state index contributed by atoms with van der Waals surface area (Å²) in [6, 6.07) is 9.96. The van der Waals surface area contributed by atoms with Crippen LogP contribution >= 0.6 is 0 Å². The summed E-state index contributed by atoms with van der Waals surface area (Å²) in [5.74, 6) is 1.39. The van der Waals surface area contributed by atoms with Gasteiger partial charge in [-0.2, -0.15) is 5.10 Å². The lowest BCUT2D eigenvalue weighted by atomic mass is 10.0. The number of halogens is 1. The second kappa shape index (κ2) is 9.18. The summed E-state index contributed by atoms with van der Waals surface area (Å²) in [5.41, 5.74) is 2.86. The molecule has 0 amide bonds. The first-order valence-corrected chi connectivity index (χ1v) is 11.8. The number of nitrogens with zero attached hydrogens (tertiary/aromatic N) is 8. The minimum atomic E-state index is -0.490. The van der Waals surface area contributed by atoms with Crippen LogP contribution in [-0.2, 0) is 7.05 Å². The second-order valence-corrected chi connectivity index (χ2v) is 9.54. The third-order valence-corrected chi connectivity index (χ3v) is 6.55. The Bertz CT molecular complexity index is 1350. The van der Waals surface area contributed by atoms with Gasteiger partial charge in [-0.25, -0.2) is 14.4 Å². The monoisotopic (exact) mass is 475 g/mol. The molecule has 1 atom stereocenters. The number of hydrogen-bond donors (Lipinski definition) is 1. The highest BCUT2D eigenvalue weighted by Crippen LogP contribution is 2.30. The molecule has 0 aliphatic carbocycles. The van der Waals surface area contributed by atoms with E-state index >= 15 is 0 Å². The molecular weight excluding hydrogens is 445 g/mol. The topological polar surface area (TPSA) is 87.9 Å². The van der Waals surface area contributed by atoms with Crippen molar-refractivity contribution in [2.45, 2.75) is 32.2 Å². The summed E-state index contributed by atoms with van der Waals surface area (Å²) in [4.78, 5) is 13.0. The molecule has 9 nitrogen and oxygen atoms in total. The number of nitrogens with one attached hydrogen (secondary N) is 1. The van der Waals surface area contributed by atoms with Gasteiger partial charge in [0.25, 0.3) is 0 Å². The maximum Gasteiger partial charge on any atom is 0.229 e. The van der Waals surface area contributed by atoms with Crippen LogP contribution in [0.1, 0.15) is 31.9 Å². The van der Waals surface area contributed by atoms with Crippen LogP contribution in [-0.4, -0.2) is 68.1 Å². The number of rotatable bonds is 6. The van der Waals surface area contributed by atoms with Gasteiger partial charge in [-0.05, 0) is 50.7 Å². The quantitative estimate of drug-likeness (QED) is 0.448. The average molecular weight is 476 g/mol. The van der Waals surface area contributed by atoms with Crippen LogP contribution in [0.25, 0.3) is 22.2 Å². The van der Waals surface area contributed by atoms with Gasteiger partial charge < -0.3 is 15.1 Å². The van der Waals surface area contributed by atoms with E-state index in [9.17, 15) is 4.39 Å². The Labute approximate surface area is 204 Å². The number of fused-ring (bicyclic) bond motifs is 1. The maximum atomic E-state index is 14.8. The highest BCUT2D eigenvalue weighted by atomic mass is 19.1. The first kappa shape index (κ1) is 23.1. The molecule has 182 valence electrons. The molecule has 1 aliphatic heterocycles. The predicted octanol–water partition coefficient (Wildman–Crippen LogP) is 3.97. The van der Waals surface area contributed by atoms with Gasteiger partial charge in [0, 0.05) is 42.8 Å². The van der Waals surface area contributed by atoms with E-state index in [1.165, 1.54) is 6.20 Å². The summed E-state index contributed by atoms with van der Waals surface area (Å²) < 4.78 is 16.6. The van der Waals surface area contributed by atoms with E-state index in [0.29, 0.717) is 17.4 Å². The maximum absolute atomic E-state index is 14.8. The van der Waals surface area contributed by atoms with Gasteiger partial charge >= 0.3 is 0 Å². The van der Waals surface area contributed by atoms with Crippen molar-refractivity contribution in [3.8, 4) is 11.3 Å². The summed E-state index contributed by atoms with van der Waals surface area (Å²) in [5, 5.41) is 17.3. The summed E-state index contributed by atoms with van der Waals surface area (Å²) in [6.45, 7) is 6.12. The van der Waals surface area contributed by atoms with Crippen LogP contribution in [0.3, 0.4) is 0 Å². The van der Waals surface area contributed by atoms with Crippen LogP contribution in [0.15, 0.2) is 36.5 Å². The standard InChI is InChI=1S/C25H30FN9/c1-15(2)24-18-12-16(6-7-20(18)32-34(24)5)23-19(26)13-27-25(29-23)28-21-8-9-22(31-30-21)35-11-10-17(14-35)33(3)4/h6-9,12-13,15,17H,10-11,14H2,1-5H3,(H,27,28,29,30). The Balaban J connectivity index is 1.38. The fourth-order valence-electron chi connectivity index (χ4n) is 4.73. The van der Waals surface area contributed by atoms with E-state index in [-0.39, 0.29) is 17.6 Å². The molecule has 1 fully saturated rings. The highest BCUT2D eigenvalue weighted by Gasteiger charge is 2.25. The Morgan fingerprint density at radius 2 is 1.97 bits per heavy atom. The van der Waals surface area contributed by atoms with Crippen molar-refractivity contribution in [3.63, 3.8) is 0 Å². The molecule has 4 heterocycles. The SMILES string of the molecule is CC(C)c1c2cc(-c3nc(Nc4ccc(N5CCC(N(C)C)C5)nn4)ncc3F)ccc2nn1C. The molecule has 35 heavy (non-hydrogen) atoms. The van der Waals surface area contributed by atoms with Gasteiger partial charge in [0.1, 0.15) is 5.69 Å². The third kappa shape index (κ3) is 4.53. The lowest BCUT2D eigenvalue weighted by molar-refractivity contribution is 0.315. The molecule has 0 spiro atoms. The van der Waals surface area contributed by atoms with E-state index in [2.05, 4.69) is 68.3 Å². The van der Waals surface area contributed by atoms with Gasteiger partial charge in [0.15, 0.2) is 17.5 Å². The van der Waals surface area contributed by atoms with E-state index in [4.69, 9.17) is 0 Å². The zero-order valence-corrected chi connectivity index (χ0v) is 20.7. The molecule has 1 aliphatic rings. The van der Waals surface area contributed by atoms with Crippen LogP contribution in [0.5, 0.6) is 0 Å². The molecule has 1 N–H and O–H groups in total. The Hall–Kier alpha value is -3.66. The molecule has 1 saturated heterocycles. The Morgan fingerprint density at radius 3 is 2.66 bits per heavy atom. The third-order valence-electron chi connectivity index (χ3n) is 6.55. The second-order valence-electron chi connectivity index (χ2n) is 9.54. The Morgan fingerprint density at radius 1 is 1.14 bits per heavy atom. The molecule has 1 unspecified atom stereocenters. The van der Waals surface area contributed by atoms with Gasteiger partial charge in [0.05, 0.1) is 11.7 Å². The summed E-state index contributed by atoms with van der Waals surface area (Å²) in [6.07, 6.45) is 2.28. The number of aryl methyl sites for hydroxylation is 1. The van der Waals surface area contributed by atoms with Crippen LogP contribution in [0, 0.1) is 5.82 Å². The first-order chi connectivity index (χ1) is 16.8. The lowest BCUT2D eigenvalue weighted by Crippen LogP contribution is -2.31. The van der Waals surface area contributed by atoms with E-state index < -0.39 is 5.82 Å². The van der Waals surface area contributed by atoms with E-state index in [0.717, 1.165) is 41.9 Å². The summed E-state index contributed by atoms with van der Waals surface area (Å²) >= 11 is 0. The molecule has 0 bridgehead atoms. The Kier molecular flexibility index (Phi) is 6.06. The normalized spacial score (nSPS) is 16.1. The predicted molar refractivity (Wildman–Crippen MR) is 135 cm³/mol. The zero-order chi connectivity index (χ0) is 24.7. The number of hydrogen-bond acceptors (Lipinski definition) is 8. The molecule has 0 saturated carbocycles. The molecule has 0 radical (unpaired) electrons. The van der Waals surface area contributed by atoms with Crippen molar-refractivity contribution in [2.24, 2.45) is 7.05 Å². The summed E-state index contributed by atoms with van der Waals surface area (Å²) in [7, 11) is 6.13. The number of likely N-dealkylation sites (N-methyl/N-ethyl adjacent to an activating group) is 1. The number of anilines is 3. The van der Waals surface area contributed by atoms with Crippen molar-refractivity contribution in [3.05, 3.63) is 48.0 Å². The molecule has 5 rings (SSSR count). The largest absolute Gasteiger partial charge is 0.353 e. The minimum absolute atomic E-state index is 0.222. The fourth-order valence-corrected chi connectivity index (χ4v) is 4.73. The van der Waals surface area contributed by atoms with Crippen LogP contribution in [0.4, 0.5) is 22.0 Å². The molecule has 10 heteroatoms. The highest BCUT2D eigenvalue weighted by molar-refractivity contribution is 5.86. The number of benzene rings is 1. The average Bonchev–Trinajstić information content (AvgIpc) is 3.45. The van der Waals surface area contributed by atoms with Gasteiger partial charge in [-0.15, -0.1) is 10.2 Å². The fraction of sp³-hybridized carbons (Fsp3) is 0.400. The van der Waals surface area contributed by atoms with E-state index in [1.807, 2.05) is 42.1 Å². The smallest absolute Gasteiger partial charge is 0.229 e. The van der Waals surface area contributed by atoms with Gasteiger partial charge in [-0.1, -0.05) is 19.9 Å². The van der Waals surface area contributed by atoms with Crippen molar-refractivity contribution in [2.75, 3.05) is 37.4 Å². The molecular formula is C25H30FN9. The lowest BCUT2D eigenvalue weighted by Gasteiger charge is -2.20. The van der Waals surface area contributed by atoms with Gasteiger partial charge in [-0.3, -0.25) is 4.68 Å². The zero-order valence-electron chi connectivity index (χ0n) is 20.7. The van der Waals surface area contributed by atoms with Crippen molar-refractivity contribution < 1.29 is 4.39 Å². The van der Waals surface area contributed by atoms with Crippen LogP contribution < -0.4 is 10.2 Å².